The molecule has 1 saturated heterocycles. The van der Waals surface area contributed by atoms with Gasteiger partial charge in [-0.1, -0.05) is 17.7 Å². The molecular weight excluding hydrogens is 383 g/mol. The van der Waals surface area contributed by atoms with Crippen LogP contribution in [-0.2, 0) is 0 Å². The maximum absolute atomic E-state index is 13.7. The number of fused-ring (bicyclic) bond motifs is 3. The lowest BCUT2D eigenvalue weighted by Gasteiger charge is -2.36. The standard InChI is InChI=1S/C20H20BrFN2O/c1-12-3-6-18-14(9-12)16-11-23(2)8-7-19(16)24(18)20(25)15-10-13(22)4-5-17(15)21/h3-6,9-10,16,19H,7-8,11H2,1-2H3/t16-,19+/m1/s1. The van der Waals surface area contributed by atoms with Crippen LogP contribution in [0.1, 0.15) is 33.8 Å². The zero-order valence-electron chi connectivity index (χ0n) is 14.3. The molecule has 0 radical (unpaired) electrons. The van der Waals surface area contributed by atoms with Gasteiger partial charge in [0.05, 0.1) is 5.56 Å². The monoisotopic (exact) mass is 402 g/mol. The van der Waals surface area contributed by atoms with Crippen LogP contribution in [0.2, 0.25) is 0 Å². The second-order valence-corrected chi connectivity index (χ2v) is 7.94. The summed E-state index contributed by atoms with van der Waals surface area (Å²) < 4.78 is 14.4. The largest absolute Gasteiger partial charge is 0.306 e. The number of hydrogen-bond donors (Lipinski definition) is 0. The van der Waals surface area contributed by atoms with Gasteiger partial charge in [-0.15, -0.1) is 0 Å². The van der Waals surface area contributed by atoms with Crippen molar-refractivity contribution < 1.29 is 9.18 Å². The minimum Gasteiger partial charge on any atom is -0.306 e. The van der Waals surface area contributed by atoms with E-state index in [1.165, 1.54) is 23.3 Å². The van der Waals surface area contributed by atoms with E-state index in [-0.39, 0.29) is 11.9 Å². The minimum absolute atomic E-state index is 0.131. The van der Waals surface area contributed by atoms with Crippen molar-refractivity contribution in [3.05, 3.63) is 63.4 Å². The van der Waals surface area contributed by atoms with E-state index in [0.717, 1.165) is 25.2 Å². The van der Waals surface area contributed by atoms with Gasteiger partial charge in [-0.2, -0.15) is 0 Å². The van der Waals surface area contributed by atoms with Gasteiger partial charge in [0.15, 0.2) is 0 Å². The summed E-state index contributed by atoms with van der Waals surface area (Å²) in [6, 6.07) is 10.7. The molecule has 0 saturated carbocycles. The van der Waals surface area contributed by atoms with Crippen LogP contribution in [0, 0.1) is 12.7 Å². The first-order valence-corrected chi connectivity index (χ1v) is 9.32. The smallest absolute Gasteiger partial charge is 0.259 e. The van der Waals surface area contributed by atoms with Crippen molar-refractivity contribution in [2.24, 2.45) is 0 Å². The number of piperidine rings is 1. The van der Waals surface area contributed by atoms with Crippen LogP contribution in [0.15, 0.2) is 40.9 Å². The van der Waals surface area contributed by atoms with Crippen molar-refractivity contribution in [1.29, 1.82) is 0 Å². The molecular formula is C20H20BrFN2O. The van der Waals surface area contributed by atoms with E-state index >= 15 is 0 Å². The molecule has 25 heavy (non-hydrogen) atoms. The zero-order valence-corrected chi connectivity index (χ0v) is 15.9. The molecule has 1 fully saturated rings. The first kappa shape index (κ1) is 16.7. The number of benzene rings is 2. The fraction of sp³-hybridized carbons (Fsp3) is 0.350. The molecule has 2 aromatic carbocycles. The average Bonchev–Trinajstić information content (AvgIpc) is 2.89. The van der Waals surface area contributed by atoms with Crippen molar-refractivity contribution in [3.63, 3.8) is 0 Å². The van der Waals surface area contributed by atoms with Crippen LogP contribution in [0.25, 0.3) is 0 Å². The summed E-state index contributed by atoms with van der Waals surface area (Å²) in [4.78, 5) is 17.5. The Labute approximate surface area is 155 Å². The summed E-state index contributed by atoms with van der Waals surface area (Å²) in [7, 11) is 2.12. The molecule has 2 heterocycles. The number of nitrogens with zero attached hydrogens (tertiary/aromatic N) is 2. The average molecular weight is 403 g/mol. The summed E-state index contributed by atoms with van der Waals surface area (Å²) in [5.74, 6) is -0.215. The van der Waals surface area contributed by atoms with Crippen LogP contribution in [0.3, 0.4) is 0 Å². The molecule has 0 aliphatic carbocycles. The summed E-state index contributed by atoms with van der Waals surface area (Å²) in [5.41, 5.74) is 3.78. The highest BCUT2D eigenvalue weighted by Crippen LogP contribution is 2.45. The Balaban J connectivity index is 1.81. The summed E-state index contributed by atoms with van der Waals surface area (Å²) >= 11 is 3.40. The lowest BCUT2D eigenvalue weighted by atomic mass is 9.88. The molecule has 1 amide bonds. The SMILES string of the molecule is Cc1ccc2c(c1)[C@H]1CN(C)CC[C@@H]1N2C(=O)c1cc(F)ccc1Br. The molecule has 0 aromatic heterocycles. The number of carbonyl (C=O) groups excluding carboxylic acids is 1. The lowest BCUT2D eigenvalue weighted by molar-refractivity contribution is 0.0963. The summed E-state index contributed by atoms with van der Waals surface area (Å²) in [6.45, 7) is 3.98. The fourth-order valence-electron chi connectivity index (χ4n) is 4.14. The van der Waals surface area contributed by atoms with Crippen molar-refractivity contribution in [3.8, 4) is 0 Å². The van der Waals surface area contributed by atoms with E-state index in [0.29, 0.717) is 16.0 Å². The third-order valence-corrected chi connectivity index (χ3v) is 6.02. The van der Waals surface area contributed by atoms with Crippen LogP contribution in [0.5, 0.6) is 0 Å². The van der Waals surface area contributed by atoms with E-state index in [1.54, 1.807) is 6.07 Å². The van der Waals surface area contributed by atoms with Gasteiger partial charge >= 0.3 is 0 Å². The number of rotatable bonds is 1. The zero-order chi connectivity index (χ0) is 17.7. The topological polar surface area (TPSA) is 23.6 Å². The van der Waals surface area contributed by atoms with Crippen molar-refractivity contribution in [1.82, 2.24) is 4.90 Å². The Bertz CT molecular complexity index is 854. The van der Waals surface area contributed by atoms with E-state index < -0.39 is 5.82 Å². The van der Waals surface area contributed by atoms with Crippen molar-refractivity contribution in [2.45, 2.75) is 25.3 Å². The number of likely N-dealkylation sites (N-methyl/N-ethyl adjacent to an activating group) is 1. The number of aryl methyl sites for hydroxylation is 1. The van der Waals surface area contributed by atoms with Gasteiger partial charge in [0.25, 0.3) is 5.91 Å². The maximum Gasteiger partial charge on any atom is 0.259 e. The van der Waals surface area contributed by atoms with Crippen LogP contribution >= 0.6 is 15.9 Å². The predicted molar refractivity (Wildman–Crippen MR) is 101 cm³/mol. The summed E-state index contributed by atoms with van der Waals surface area (Å²) in [6.07, 6.45) is 0.924. The van der Waals surface area contributed by atoms with Crippen LogP contribution in [-0.4, -0.2) is 37.0 Å². The molecule has 2 aliphatic rings. The van der Waals surface area contributed by atoms with Gasteiger partial charge in [0, 0.05) is 28.7 Å². The van der Waals surface area contributed by atoms with Gasteiger partial charge in [0.1, 0.15) is 5.82 Å². The predicted octanol–water partition coefficient (Wildman–Crippen LogP) is 4.34. The van der Waals surface area contributed by atoms with Crippen LogP contribution < -0.4 is 4.90 Å². The molecule has 0 N–H and O–H groups in total. The van der Waals surface area contributed by atoms with Gasteiger partial charge in [-0.25, -0.2) is 4.39 Å². The van der Waals surface area contributed by atoms with Gasteiger partial charge in [-0.3, -0.25) is 4.79 Å². The third-order valence-electron chi connectivity index (χ3n) is 5.33. The molecule has 5 heteroatoms. The first-order chi connectivity index (χ1) is 12.0. The van der Waals surface area contributed by atoms with Gasteiger partial charge in [0.2, 0.25) is 0 Å². The molecule has 4 rings (SSSR count). The van der Waals surface area contributed by atoms with E-state index in [9.17, 15) is 9.18 Å². The number of carbonyl (C=O) groups is 1. The Morgan fingerprint density at radius 1 is 1.24 bits per heavy atom. The highest BCUT2D eigenvalue weighted by Gasteiger charge is 2.44. The Morgan fingerprint density at radius 2 is 2.04 bits per heavy atom. The Morgan fingerprint density at radius 3 is 2.84 bits per heavy atom. The maximum atomic E-state index is 13.7. The molecule has 2 aliphatic heterocycles. The van der Waals surface area contributed by atoms with Crippen molar-refractivity contribution >= 4 is 27.5 Å². The molecule has 0 unspecified atom stereocenters. The number of anilines is 1. The molecule has 3 nitrogen and oxygen atoms in total. The number of hydrogen-bond acceptors (Lipinski definition) is 2. The van der Waals surface area contributed by atoms with E-state index in [4.69, 9.17) is 0 Å². The minimum atomic E-state index is -0.394. The number of amides is 1. The van der Waals surface area contributed by atoms with Crippen LogP contribution in [0.4, 0.5) is 10.1 Å². The van der Waals surface area contributed by atoms with E-state index in [1.807, 2.05) is 17.0 Å². The second-order valence-electron chi connectivity index (χ2n) is 7.09. The molecule has 2 atom stereocenters. The fourth-order valence-corrected chi connectivity index (χ4v) is 4.55. The molecule has 0 spiro atoms. The normalized spacial score (nSPS) is 22.6. The lowest BCUT2D eigenvalue weighted by Crippen LogP contribution is -2.47. The molecule has 130 valence electrons. The highest BCUT2D eigenvalue weighted by molar-refractivity contribution is 9.10. The Kier molecular flexibility index (Phi) is 4.16. The summed E-state index contributed by atoms with van der Waals surface area (Å²) in [5, 5.41) is 0. The molecule has 2 aromatic rings. The highest BCUT2D eigenvalue weighted by atomic mass is 79.9. The number of likely N-dealkylation sites (tertiary alicyclic amines) is 1. The first-order valence-electron chi connectivity index (χ1n) is 8.53. The number of halogens is 2. The third kappa shape index (κ3) is 2.79. The van der Waals surface area contributed by atoms with Gasteiger partial charge in [-0.05, 0) is 72.7 Å². The Hall–Kier alpha value is -1.72. The second kappa shape index (κ2) is 6.22. The van der Waals surface area contributed by atoms with E-state index in [2.05, 4.69) is 40.9 Å². The molecule has 0 bridgehead atoms. The quantitative estimate of drug-likeness (QED) is 0.707. The van der Waals surface area contributed by atoms with Crippen molar-refractivity contribution in [2.75, 3.05) is 25.0 Å². The van der Waals surface area contributed by atoms with Gasteiger partial charge < -0.3 is 9.80 Å².